The monoisotopic (exact) mass is 2050 g/mol. The van der Waals surface area contributed by atoms with Crippen LogP contribution in [0.2, 0.25) is 20.1 Å². The summed E-state index contributed by atoms with van der Waals surface area (Å²) in [7, 11) is 3.18. The van der Waals surface area contributed by atoms with E-state index in [0.717, 1.165) is 117 Å². The van der Waals surface area contributed by atoms with Crippen LogP contribution in [0.15, 0.2) is 273 Å². The third-order valence-electron chi connectivity index (χ3n) is 25.6. The van der Waals surface area contributed by atoms with Crippen molar-refractivity contribution in [3.63, 3.8) is 0 Å². The number of nitrogens with one attached hydrogen (secondary N) is 5. The number of rotatable bonds is 26. The first kappa shape index (κ1) is 101. The van der Waals surface area contributed by atoms with Crippen molar-refractivity contribution in [2.75, 3.05) is 106 Å². The second kappa shape index (κ2) is 47.3. The topological polar surface area (TPSA) is 345 Å². The van der Waals surface area contributed by atoms with Gasteiger partial charge in [-0.05, 0) is 276 Å². The molecular weight excluding hydrogens is 1950 g/mol. The van der Waals surface area contributed by atoms with Gasteiger partial charge < -0.3 is 97.4 Å². The number of nitrogens with zero attached hydrogens (tertiary/aromatic N) is 4. The lowest BCUT2D eigenvalue weighted by molar-refractivity contribution is -0.123. The van der Waals surface area contributed by atoms with Gasteiger partial charge in [0.1, 0.15) is 94.1 Å². The molecule has 0 bridgehead atoms. The molecule has 0 radical (unpaired) electrons. The minimum Gasteiger partial charge on any atom is -0.497 e. The highest BCUT2D eigenvalue weighted by Crippen LogP contribution is 2.47. The maximum Gasteiger partial charge on any atom is 0.416 e. The molecule has 752 valence electrons. The molecule has 0 aliphatic carbocycles. The number of benzene rings is 12. The van der Waals surface area contributed by atoms with Gasteiger partial charge in [0.15, 0.2) is 12.9 Å². The van der Waals surface area contributed by atoms with E-state index in [1.807, 2.05) is 176 Å². The van der Waals surface area contributed by atoms with Crippen LogP contribution in [0.1, 0.15) is 104 Å². The smallest absolute Gasteiger partial charge is 0.416 e. The van der Waals surface area contributed by atoms with Crippen molar-refractivity contribution in [3.8, 4) is 57.5 Å². The largest absolute Gasteiger partial charge is 0.497 e. The number of aliphatic hydroxyl groups is 3. The summed E-state index contributed by atoms with van der Waals surface area (Å²) >= 11 is 25.2. The van der Waals surface area contributed by atoms with E-state index in [1.54, 1.807) is 107 Å². The number of carbonyl (C=O) groups excluding carboxylic acids is 5. The Morgan fingerprint density at radius 2 is 0.644 bits per heavy atom. The van der Waals surface area contributed by atoms with Crippen molar-refractivity contribution >= 4 is 120 Å². The Morgan fingerprint density at radius 1 is 0.356 bits per heavy atom. The van der Waals surface area contributed by atoms with Crippen molar-refractivity contribution in [2.45, 2.75) is 69.0 Å². The lowest BCUT2D eigenvalue weighted by Crippen LogP contribution is -2.42. The van der Waals surface area contributed by atoms with Crippen LogP contribution in [-0.4, -0.2) is 198 Å². The third-order valence-corrected chi connectivity index (χ3v) is 26.5. The second-order valence-corrected chi connectivity index (χ2v) is 36.5. The Labute approximate surface area is 859 Å². The minimum atomic E-state index is -0.565. The number of para-hydroxylation sites is 1. The average molecular weight is 2060 g/mol. The zero-order valence-corrected chi connectivity index (χ0v) is 82.5. The van der Waals surface area contributed by atoms with Gasteiger partial charge in [0, 0.05) is 145 Å². The first-order valence-electron chi connectivity index (χ1n) is 47.7. The fourth-order valence-electron chi connectivity index (χ4n) is 18.7. The van der Waals surface area contributed by atoms with Gasteiger partial charge in [0.25, 0.3) is 5.91 Å². The standard InChI is InChI=1S/C29H27ClN2O6.C28H25ClFN3O5.C28H27ClN2O5.C27H25ClN2O4/c1-34-20-7-9-22(10-8-20)38-29(33)32-13-12-23-24-16-19(30)4-11-25(24)31-27(23)28(32)18-2-5-21(6-3-18)37-17-26-35-14-15-36-26;29-18-3-10-24-23(15-18)22-11-13-33(28(36)38-21-8-4-19(30)5-9-21)27(26(22)32-24)17-1-6-20(7-2-17)37-16-25(35)31-12-14-34;1-34-20-8-10-22(11-9-20)36-28(33)31-14-13-23-24-17-19(29)5-12-25(24)30-26(23)27(31)18-3-6-21(7-4-18)35-16-2-15-32;28-19-9-12-24-23(17-19)22-13-14-30(27(32)34-21-5-2-1-3-6-21)26(25(22)29-24)18-7-10-20(11-8-18)33-16-4-15-31/h2-11,16,26,28,31H,12-15,17H2,1H3;1-10,15,27,32,34H,11-14,16H2,(H,31,35);3-12,17,27,30,32H,2,13-16H2,1H3;1-3,5-12,17,26,29,31H,4,13-16H2. The summed E-state index contributed by atoms with van der Waals surface area (Å²) in [4.78, 5) is 86.2. The summed E-state index contributed by atoms with van der Waals surface area (Å²) in [6.07, 6.45) is 1.59. The van der Waals surface area contributed by atoms with Gasteiger partial charge >= 0.3 is 24.4 Å². The van der Waals surface area contributed by atoms with E-state index >= 15 is 0 Å². The number of amides is 5. The highest BCUT2D eigenvalue weighted by atomic mass is 35.5. The van der Waals surface area contributed by atoms with Crippen molar-refractivity contribution in [3.05, 3.63) is 366 Å². The zero-order chi connectivity index (χ0) is 101. The van der Waals surface area contributed by atoms with Crippen LogP contribution in [0.25, 0.3) is 43.6 Å². The fourth-order valence-corrected chi connectivity index (χ4v) is 19.4. The highest BCUT2D eigenvalue weighted by molar-refractivity contribution is 6.32. The molecule has 9 heterocycles. The molecule has 16 aromatic rings. The Kier molecular flexibility index (Phi) is 32.7. The van der Waals surface area contributed by atoms with E-state index in [4.69, 9.17) is 119 Å². The van der Waals surface area contributed by atoms with Crippen LogP contribution in [0.5, 0.6) is 57.5 Å². The Hall–Kier alpha value is -15.0. The molecule has 21 rings (SSSR count). The van der Waals surface area contributed by atoms with Gasteiger partial charge in [-0.15, -0.1) is 0 Å². The number of fused-ring (bicyclic) bond motifs is 12. The molecule has 5 aliphatic heterocycles. The summed E-state index contributed by atoms with van der Waals surface area (Å²) in [5.74, 6) is 4.86. The van der Waals surface area contributed by atoms with E-state index in [2.05, 4.69) is 25.3 Å². The van der Waals surface area contributed by atoms with E-state index in [-0.39, 0.29) is 69.0 Å². The van der Waals surface area contributed by atoms with E-state index in [9.17, 15) is 28.4 Å². The van der Waals surface area contributed by atoms with Crippen LogP contribution < -0.4 is 52.7 Å². The first-order chi connectivity index (χ1) is 71.2. The molecule has 29 nitrogen and oxygen atoms in total. The summed E-state index contributed by atoms with van der Waals surface area (Å²) in [6.45, 7) is 4.22. The molecule has 8 N–H and O–H groups in total. The number of H-pyrrole nitrogens is 4. The van der Waals surface area contributed by atoms with E-state index in [1.165, 1.54) is 24.3 Å². The van der Waals surface area contributed by atoms with Crippen LogP contribution in [0.3, 0.4) is 0 Å². The SMILES string of the molecule is COc1ccc(OC(=O)N2CCc3c([nH]c4ccc(Cl)cc34)C2c2ccc(OCC3OCCO3)cc2)cc1.COc1ccc(OC(=O)N2CCc3c([nH]c4ccc(Cl)cc34)C2c2ccc(OCCCO)cc2)cc1.O=C(COc1ccc(C2c3[nH]c4ccc(Cl)cc4c3CCN2C(=O)Oc2ccc(F)cc2)cc1)NCCO.O=C(Oc1ccccc1)N1CCc2c([nH]c3ccc(Cl)cc23)C1c1ccc(OCCCO)cc1. The number of aliphatic hydroxyl groups excluding tert-OH is 3. The van der Waals surface area contributed by atoms with E-state index < -0.39 is 36.2 Å². The molecule has 0 saturated carbocycles. The number of hydrogen-bond acceptors (Lipinski definition) is 20. The number of aromatic nitrogens is 4. The number of carbonyl (C=O) groups is 5. The number of halogens is 5. The van der Waals surface area contributed by atoms with Crippen molar-refractivity contribution < 1.29 is 101 Å². The van der Waals surface area contributed by atoms with Crippen molar-refractivity contribution in [1.29, 1.82) is 0 Å². The molecular formula is C112H104Cl4FN9O20. The summed E-state index contributed by atoms with van der Waals surface area (Å²) in [5, 5.41) is 36.2. The molecule has 4 unspecified atom stereocenters. The van der Waals surface area contributed by atoms with Crippen LogP contribution in [-0.2, 0) is 40.0 Å². The van der Waals surface area contributed by atoms with Crippen LogP contribution in [0.4, 0.5) is 23.6 Å². The predicted molar refractivity (Wildman–Crippen MR) is 552 cm³/mol. The quantitative estimate of drug-likeness (QED) is 0.0233. The maximum atomic E-state index is 13.5. The Morgan fingerprint density at radius 3 is 0.952 bits per heavy atom. The van der Waals surface area contributed by atoms with Gasteiger partial charge in [0.05, 0.1) is 47.3 Å². The molecule has 34 heteroatoms. The normalized spacial score (nSPS) is 15.6. The molecule has 1 saturated heterocycles. The van der Waals surface area contributed by atoms with Crippen molar-refractivity contribution in [2.24, 2.45) is 0 Å². The molecule has 4 atom stereocenters. The van der Waals surface area contributed by atoms with Gasteiger partial charge in [-0.1, -0.05) is 113 Å². The summed E-state index contributed by atoms with van der Waals surface area (Å²) < 4.78 is 80.2. The zero-order valence-electron chi connectivity index (χ0n) is 79.5. The lowest BCUT2D eigenvalue weighted by atomic mass is 9.92. The molecule has 5 amide bonds. The van der Waals surface area contributed by atoms with Crippen LogP contribution in [0, 0.1) is 5.82 Å². The Bertz CT molecular complexity index is 7240. The molecule has 4 aromatic heterocycles. The number of aromatic amines is 4. The molecule has 5 aliphatic rings. The molecule has 146 heavy (non-hydrogen) atoms. The lowest BCUT2D eigenvalue weighted by Gasteiger charge is -2.35. The molecule has 12 aromatic carbocycles. The van der Waals surface area contributed by atoms with Crippen molar-refractivity contribution in [1.82, 2.24) is 44.9 Å². The first-order valence-corrected chi connectivity index (χ1v) is 49.2. The van der Waals surface area contributed by atoms with E-state index in [0.29, 0.717) is 164 Å². The molecule has 0 spiro atoms. The average Bonchev–Trinajstić information content (AvgIpc) is 1.61. The second-order valence-electron chi connectivity index (χ2n) is 34.8. The van der Waals surface area contributed by atoms with Gasteiger partial charge in [-0.3, -0.25) is 24.4 Å². The number of hydrogen-bond donors (Lipinski definition) is 8. The summed E-state index contributed by atoms with van der Waals surface area (Å²) in [6, 6.07) is 79.9. The third kappa shape index (κ3) is 23.8. The van der Waals surface area contributed by atoms with Gasteiger partial charge in [-0.25, -0.2) is 23.6 Å². The highest BCUT2D eigenvalue weighted by Gasteiger charge is 2.42. The summed E-state index contributed by atoms with van der Waals surface area (Å²) in [5.41, 5.74) is 15.7. The molecule has 1 fully saturated rings. The minimum absolute atomic E-state index is 0.0819. The fraction of sp³-hybridized carbons (Fsp3) is 0.241. The van der Waals surface area contributed by atoms with Gasteiger partial charge in [0.2, 0.25) is 0 Å². The predicted octanol–water partition coefficient (Wildman–Crippen LogP) is 21.8. The number of ether oxygens (including phenoxy) is 12. The van der Waals surface area contributed by atoms with Gasteiger partial charge in [-0.2, -0.15) is 0 Å². The maximum absolute atomic E-state index is 13.5. The number of methoxy groups -OCH3 is 2. The Balaban J connectivity index is 0.000000128. The van der Waals surface area contributed by atoms with Crippen LogP contribution >= 0.6 is 46.4 Å².